The van der Waals surface area contributed by atoms with Gasteiger partial charge in [-0.2, -0.15) is 0 Å². The van der Waals surface area contributed by atoms with E-state index >= 15 is 0 Å². The first kappa shape index (κ1) is 20.2. The van der Waals surface area contributed by atoms with Gasteiger partial charge in [-0.1, -0.05) is 22.0 Å². The SMILES string of the molecule is COc1ccc(Br)c2c1CCN(CCCCOc1ccc3c(c1)NC(=O)CC3)C2. The first-order chi connectivity index (χ1) is 14.1. The first-order valence-corrected chi connectivity index (χ1v) is 11.1. The van der Waals surface area contributed by atoms with Crippen molar-refractivity contribution in [1.29, 1.82) is 0 Å². The van der Waals surface area contributed by atoms with E-state index in [-0.39, 0.29) is 5.91 Å². The number of halogens is 1. The number of amides is 1. The fourth-order valence-electron chi connectivity index (χ4n) is 4.11. The Morgan fingerprint density at radius 3 is 2.86 bits per heavy atom. The van der Waals surface area contributed by atoms with Crippen LogP contribution >= 0.6 is 15.9 Å². The summed E-state index contributed by atoms with van der Waals surface area (Å²) in [6.07, 6.45) is 4.50. The van der Waals surface area contributed by atoms with Crippen LogP contribution in [0.15, 0.2) is 34.8 Å². The van der Waals surface area contributed by atoms with Crippen molar-refractivity contribution >= 4 is 27.5 Å². The summed E-state index contributed by atoms with van der Waals surface area (Å²) in [6, 6.07) is 10.1. The lowest BCUT2D eigenvalue weighted by Crippen LogP contribution is -2.32. The lowest BCUT2D eigenvalue weighted by atomic mass is 9.98. The zero-order valence-corrected chi connectivity index (χ0v) is 18.4. The van der Waals surface area contributed by atoms with Crippen LogP contribution in [0.25, 0.3) is 0 Å². The molecule has 2 aromatic rings. The van der Waals surface area contributed by atoms with Gasteiger partial charge in [-0.3, -0.25) is 9.69 Å². The average molecular weight is 459 g/mol. The topological polar surface area (TPSA) is 50.8 Å². The number of carbonyl (C=O) groups excluding carboxylic acids is 1. The van der Waals surface area contributed by atoms with Crippen LogP contribution in [0, 0.1) is 0 Å². The lowest BCUT2D eigenvalue weighted by Gasteiger charge is -2.30. The Labute approximate surface area is 180 Å². The highest BCUT2D eigenvalue weighted by Crippen LogP contribution is 2.33. The molecule has 0 atom stereocenters. The normalized spacial score (nSPS) is 16.0. The molecule has 1 amide bonds. The molecule has 0 saturated carbocycles. The molecule has 0 aromatic heterocycles. The molecule has 2 heterocycles. The summed E-state index contributed by atoms with van der Waals surface area (Å²) in [5.41, 5.74) is 4.76. The number of ether oxygens (including phenoxy) is 2. The smallest absolute Gasteiger partial charge is 0.224 e. The highest BCUT2D eigenvalue weighted by molar-refractivity contribution is 9.10. The Bertz CT molecular complexity index is 900. The minimum atomic E-state index is 0.0852. The highest BCUT2D eigenvalue weighted by Gasteiger charge is 2.21. The van der Waals surface area contributed by atoms with Gasteiger partial charge in [0.1, 0.15) is 11.5 Å². The number of anilines is 1. The van der Waals surface area contributed by atoms with E-state index < -0.39 is 0 Å². The molecule has 0 fully saturated rings. The molecule has 29 heavy (non-hydrogen) atoms. The maximum atomic E-state index is 11.6. The fourth-order valence-corrected chi connectivity index (χ4v) is 4.61. The molecule has 2 aromatic carbocycles. The third-order valence-corrected chi connectivity index (χ3v) is 6.47. The molecule has 0 saturated heterocycles. The molecular weight excluding hydrogens is 432 g/mol. The summed E-state index contributed by atoms with van der Waals surface area (Å²) in [7, 11) is 1.74. The maximum absolute atomic E-state index is 11.6. The van der Waals surface area contributed by atoms with Gasteiger partial charge in [0, 0.05) is 41.3 Å². The monoisotopic (exact) mass is 458 g/mol. The van der Waals surface area contributed by atoms with Gasteiger partial charge < -0.3 is 14.8 Å². The van der Waals surface area contributed by atoms with Crippen molar-refractivity contribution in [2.24, 2.45) is 0 Å². The van der Waals surface area contributed by atoms with E-state index in [0.717, 1.165) is 62.5 Å². The molecule has 6 heteroatoms. The van der Waals surface area contributed by atoms with Crippen molar-refractivity contribution < 1.29 is 14.3 Å². The minimum absolute atomic E-state index is 0.0852. The number of methoxy groups -OCH3 is 1. The van der Waals surface area contributed by atoms with Gasteiger partial charge in [-0.15, -0.1) is 0 Å². The van der Waals surface area contributed by atoms with Gasteiger partial charge >= 0.3 is 0 Å². The molecule has 0 aliphatic carbocycles. The molecule has 1 N–H and O–H groups in total. The van der Waals surface area contributed by atoms with E-state index in [1.807, 2.05) is 18.2 Å². The standard InChI is InChI=1S/C23H27BrN2O3/c1-28-22-8-7-20(24)19-15-26(12-10-18(19)22)11-2-3-13-29-17-6-4-16-5-9-23(27)25-21(16)14-17/h4,6-8,14H,2-3,5,9-13,15H2,1H3,(H,25,27). The highest BCUT2D eigenvalue weighted by atomic mass is 79.9. The predicted octanol–water partition coefficient (Wildman–Crippen LogP) is 4.56. The van der Waals surface area contributed by atoms with E-state index in [1.165, 1.54) is 21.2 Å². The summed E-state index contributed by atoms with van der Waals surface area (Å²) < 4.78 is 12.6. The molecule has 2 aliphatic rings. The van der Waals surface area contributed by atoms with E-state index in [9.17, 15) is 4.79 Å². The molecule has 0 unspecified atom stereocenters. The second kappa shape index (κ2) is 9.18. The molecule has 0 spiro atoms. The number of benzene rings is 2. The summed E-state index contributed by atoms with van der Waals surface area (Å²) in [6.45, 7) is 3.77. The van der Waals surface area contributed by atoms with E-state index in [2.05, 4.69) is 38.3 Å². The lowest BCUT2D eigenvalue weighted by molar-refractivity contribution is -0.116. The number of unbranched alkanes of at least 4 members (excludes halogenated alkanes) is 1. The van der Waals surface area contributed by atoms with E-state index in [0.29, 0.717) is 13.0 Å². The number of carbonyl (C=O) groups is 1. The molecule has 4 rings (SSSR count). The van der Waals surface area contributed by atoms with E-state index in [4.69, 9.17) is 9.47 Å². The number of hydrogen-bond donors (Lipinski definition) is 1. The van der Waals surface area contributed by atoms with Crippen LogP contribution in [0.5, 0.6) is 11.5 Å². The van der Waals surface area contributed by atoms with Crippen LogP contribution in [-0.4, -0.2) is 37.6 Å². The molecule has 0 bridgehead atoms. The van der Waals surface area contributed by atoms with Gasteiger partial charge in [0.15, 0.2) is 0 Å². The Balaban J connectivity index is 1.23. The second-order valence-electron chi connectivity index (χ2n) is 7.66. The number of rotatable bonds is 7. The minimum Gasteiger partial charge on any atom is -0.496 e. The summed E-state index contributed by atoms with van der Waals surface area (Å²) in [4.78, 5) is 14.1. The van der Waals surface area contributed by atoms with Crippen LogP contribution in [0.4, 0.5) is 5.69 Å². The van der Waals surface area contributed by atoms with Gasteiger partial charge in [0.2, 0.25) is 5.91 Å². The molecule has 2 aliphatic heterocycles. The molecular formula is C23H27BrN2O3. The van der Waals surface area contributed by atoms with Gasteiger partial charge in [0.05, 0.1) is 13.7 Å². The molecule has 154 valence electrons. The van der Waals surface area contributed by atoms with Crippen LogP contribution in [-0.2, 0) is 24.2 Å². The average Bonchev–Trinajstić information content (AvgIpc) is 2.74. The Hall–Kier alpha value is -2.05. The largest absolute Gasteiger partial charge is 0.496 e. The van der Waals surface area contributed by atoms with Crippen molar-refractivity contribution in [2.45, 2.75) is 38.6 Å². The number of fused-ring (bicyclic) bond motifs is 2. The van der Waals surface area contributed by atoms with Crippen molar-refractivity contribution in [3.63, 3.8) is 0 Å². The fraction of sp³-hybridized carbons (Fsp3) is 0.435. The van der Waals surface area contributed by atoms with Crippen molar-refractivity contribution in [1.82, 2.24) is 4.90 Å². The van der Waals surface area contributed by atoms with Crippen LogP contribution in [0.3, 0.4) is 0 Å². The maximum Gasteiger partial charge on any atom is 0.224 e. The molecule has 5 nitrogen and oxygen atoms in total. The third kappa shape index (κ3) is 4.75. The zero-order valence-electron chi connectivity index (χ0n) is 16.8. The number of aryl methyl sites for hydroxylation is 1. The van der Waals surface area contributed by atoms with Crippen LogP contribution in [0.2, 0.25) is 0 Å². The zero-order chi connectivity index (χ0) is 20.2. The summed E-state index contributed by atoms with van der Waals surface area (Å²) >= 11 is 3.69. The Morgan fingerprint density at radius 1 is 1.10 bits per heavy atom. The second-order valence-corrected chi connectivity index (χ2v) is 8.51. The van der Waals surface area contributed by atoms with Crippen molar-refractivity contribution in [2.75, 3.05) is 32.1 Å². The predicted molar refractivity (Wildman–Crippen MR) is 118 cm³/mol. The number of nitrogens with zero attached hydrogens (tertiary/aromatic N) is 1. The summed E-state index contributed by atoms with van der Waals surface area (Å²) in [5.74, 6) is 1.91. The van der Waals surface area contributed by atoms with Crippen LogP contribution < -0.4 is 14.8 Å². The Morgan fingerprint density at radius 2 is 2.00 bits per heavy atom. The quantitative estimate of drug-likeness (QED) is 0.617. The Kier molecular flexibility index (Phi) is 6.40. The van der Waals surface area contributed by atoms with Crippen molar-refractivity contribution in [3.05, 3.63) is 51.5 Å². The molecule has 0 radical (unpaired) electrons. The van der Waals surface area contributed by atoms with Gasteiger partial charge in [-0.05, 0) is 61.6 Å². The number of nitrogens with one attached hydrogen (secondary N) is 1. The number of hydrogen-bond acceptors (Lipinski definition) is 4. The first-order valence-electron chi connectivity index (χ1n) is 10.3. The van der Waals surface area contributed by atoms with E-state index in [1.54, 1.807) is 7.11 Å². The third-order valence-electron chi connectivity index (χ3n) is 5.72. The van der Waals surface area contributed by atoms with Crippen LogP contribution in [0.1, 0.15) is 36.0 Å². The van der Waals surface area contributed by atoms with Crippen molar-refractivity contribution in [3.8, 4) is 11.5 Å². The van der Waals surface area contributed by atoms with Gasteiger partial charge in [-0.25, -0.2) is 0 Å². The van der Waals surface area contributed by atoms with Gasteiger partial charge in [0.25, 0.3) is 0 Å². The summed E-state index contributed by atoms with van der Waals surface area (Å²) in [5, 5.41) is 2.93.